The van der Waals surface area contributed by atoms with Gasteiger partial charge in [-0.1, -0.05) is 23.2 Å². The molecule has 0 unspecified atom stereocenters. The van der Waals surface area contributed by atoms with Gasteiger partial charge in [0.2, 0.25) is 0 Å². The van der Waals surface area contributed by atoms with Crippen LogP contribution in [0.25, 0.3) is 5.69 Å². The number of ether oxygens (including phenoxy) is 1. The van der Waals surface area contributed by atoms with Gasteiger partial charge in [-0.25, -0.2) is 9.18 Å². The van der Waals surface area contributed by atoms with Crippen molar-refractivity contribution in [1.82, 2.24) is 4.57 Å². The average Bonchev–Trinajstić information content (AvgIpc) is 2.80. The van der Waals surface area contributed by atoms with Crippen molar-refractivity contribution < 1.29 is 13.9 Å². The van der Waals surface area contributed by atoms with Gasteiger partial charge in [0.25, 0.3) is 0 Å². The van der Waals surface area contributed by atoms with Gasteiger partial charge in [-0.3, -0.25) is 0 Å². The molecule has 21 heavy (non-hydrogen) atoms. The smallest absolute Gasteiger partial charge is 0.357 e. The van der Waals surface area contributed by atoms with Crippen LogP contribution in [0.5, 0.6) is 0 Å². The zero-order valence-electron chi connectivity index (χ0n) is 10.7. The van der Waals surface area contributed by atoms with Crippen molar-refractivity contribution in [3.63, 3.8) is 0 Å². The van der Waals surface area contributed by atoms with Crippen LogP contribution >= 0.6 is 23.2 Å². The molecule has 8 heteroatoms. The molecular weight excluding hydrogens is 320 g/mol. The summed E-state index contributed by atoms with van der Waals surface area (Å²) in [5.74, 6) is -1.65. The Morgan fingerprint density at radius 2 is 2.14 bits per heavy atom. The number of hydrogen-bond donors (Lipinski definition) is 1. The molecule has 0 aliphatic heterocycles. The number of nitriles is 1. The number of nitrogens with zero attached hydrogens (tertiary/aromatic N) is 2. The van der Waals surface area contributed by atoms with E-state index < -0.39 is 11.8 Å². The molecule has 1 aromatic carbocycles. The van der Waals surface area contributed by atoms with Crippen molar-refractivity contribution in [3.05, 3.63) is 45.4 Å². The Balaban J connectivity index is 2.79. The highest BCUT2D eigenvalue weighted by Crippen LogP contribution is 2.32. The fraction of sp³-hybridized carbons (Fsp3) is 0.0769. The van der Waals surface area contributed by atoms with Gasteiger partial charge in [-0.15, -0.1) is 0 Å². The third-order valence-corrected chi connectivity index (χ3v) is 3.60. The van der Waals surface area contributed by atoms with Crippen molar-refractivity contribution in [2.45, 2.75) is 0 Å². The number of rotatable bonds is 2. The molecule has 0 amide bonds. The standard InChI is InChI=1S/C13H8Cl2FN3O2/c1-21-13(20)12-11(18)6(4-17)5-19(12)8-3-2-7(14)9(15)10(8)16/h2-3,5H,18H2,1H3. The van der Waals surface area contributed by atoms with Gasteiger partial charge in [-0.2, -0.15) is 5.26 Å². The Morgan fingerprint density at radius 3 is 2.71 bits per heavy atom. The van der Waals surface area contributed by atoms with Gasteiger partial charge in [0.15, 0.2) is 11.5 Å². The van der Waals surface area contributed by atoms with E-state index in [1.54, 1.807) is 0 Å². The number of benzene rings is 1. The quantitative estimate of drug-likeness (QED) is 0.678. The first-order chi connectivity index (χ1) is 9.92. The molecular formula is C13H8Cl2FN3O2. The molecule has 2 rings (SSSR count). The number of esters is 1. The second kappa shape index (κ2) is 5.64. The molecule has 0 saturated heterocycles. The third-order valence-electron chi connectivity index (χ3n) is 2.82. The summed E-state index contributed by atoms with van der Waals surface area (Å²) in [5, 5.41) is 8.72. The van der Waals surface area contributed by atoms with E-state index in [2.05, 4.69) is 4.74 Å². The lowest BCUT2D eigenvalue weighted by molar-refractivity contribution is 0.0593. The minimum absolute atomic E-state index is 0.0147. The van der Waals surface area contributed by atoms with Crippen molar-refractivity contribution in [1.29, 1.82) is 5.26 Å². The van der Waals surface area contributed by atoms with Crippen LogP contribution in [0, 0.1) is 17.1 Å². The van der Waals surface area contributed by atoms with E-state index in [0.29, 0.717) is 0 Å². The zero-order chi connectivity index (χ0) is 15.7. The molecule has 0 fully saturated rings. The zero-order valence-corrected chi connectivity index (χ0v) is 12.2. The van der Waals surface area contributed by atoms with Gasteiger partial charge in [0.05, 0.1) is 34.1 Å². The largest absolute Gasteiger partial charge is 0.464 e. The van der Waals surface area contributed by atoms with Crippen LogP contribution < -0.4 is 5.73 Å². The number of methoxy groups -OCH3 is 1. The maximum atomic E-state index is 14.2. The highest BCUT2D eigenvalue weighted by Gasteiger charge is 2.24. The molecule has 2 aromatic rings. The van der Waals surface area contributed by atoms with E-state index in [1.165, 1.54) is 18.3 Å². The van der Waals surface area contributed by atoms with E-state index in [-0.39, 0.29) is 32.7 Å². The Bertz CT molecular complexity index is 781. The summed E-state index contributed by atoms with van der Waals surface area (Å²) < 4.78 is 19.9. The summed E-state index contributed by atoms with van der Waals surface area (Å²) in [6.45, 7) is 0. The summed E-state index contributed by atoms with van der Waals surface area (Å²) in [5.41, 5.74) is 5.40. The predicted octanol–water partition coefficient (Wildman–Crippen LogP) is 3.16. The molecule has 0 atom stereocenters. The van der Waals surface area contributed by atoms with Crippen LogP contribution in [0.3, 0.4) is 0 Å². The molecule has 0 spiro atoms. The molecule has 108 valence electrons. The minimum atomic E-state index is -0.839. The van der Waals surface area contributed by atoms with Crippen molar-refractivity contribution in [3.8, 4) is 11.8 Å². The second-order valence-electron chi connectivity index (χ2n) is 3.97. The number of anilines is 1. The maximum Gasteiger partial charge on any atom is 0.357 e. The normalized spacial score (nSPS) is 10.2. The van der Waals surface area contributed by atoms with Crippen molar-refractivity contribution in [2.24, 2.45) is 0 Å². The number of aromatic nitrogens is 1. The number of halogens is 3. The van der Waals surface area contributed by atoms with Crippen LogP contribution in [0.15, 0.2) is 18.3 Å². The maximum absolute atomic E-state index is 14.2. The number of nitrogens with two attached hydrogens (primary N) is 1. The van der Waals surface area contributed by atoms with Gasteiger partial charge >= 0.3 is 5.97 Å². The summed E-state index contributed by atoms with van der Waals surface area (Å²) in [7, 11) is 1.15. The van der Waals surface area contributed by atoms with Crippen LogP contribution in [0.4, 0.5) is 10.1 Å². The Kier molecular flexibility index (Phi) is 4.07. The Labute approximate surface area is 129 Å². The highest BCUT2D eigenvalue weighted by atomic mass is 35.5. The molecule has 2 N–H and O–H groups in total. The molecule has 5 nitrogen and oxygen atoms in total. The average molecular weight is 328 g/mol. The number of nitrogen functional groups attached to an aromatic ring is 1. The van der Waals surface area contributed by atoms with Crippen LogP contribution in [0.1, 0.15) is 16.1 Å². The van der Waals surface area contributed by atoms with E-state index in [1.807, 2.05) is 6.07 Å². The Morgan fingerprint density at radius 1 is 1.48 bits per heavy atom. The van der Waals surface area contributed by atoms with Crippen molar-refractivity contribution in [2.75, 3.05) is 12.8 Å². The van der Waals surface area contributed by atoms with Gasteiger partial charge < -0.3 is 15.0 Å². The summed E-state index contributed by atoms with van der Waals surface area (Å²) in [6, 6.07) is 4.50. The molecule has 0 bridgehead atoms. The predicted molar refractivity (Wildman–Crippen MR) is 76.2 cm³/mol. The van der Waals surface area contributed by atoms with Crippen LogP contribution in [-0.2, 0) is 4.74 Å². The molecule has 0 radical (unpaired) electrons. The number of carbonyl (C=O) groups excluding carboxylic acids is 1. The summed E-state index contributed by atoms with van der Waals surface area (Å²) in [6.07, 6.45) is 1.23. The molecule has 0 aliphatic carbocycles. The lowest BCUT2D eigenvalue weighted by Crippen LogP contribution is -2.12. The second-order valence-corrected chi connectivity index (χ2v) is 4.76. The summed E-state index contributed by atoms with van der Waals surface area (Å²) in [4.78, 5) is 11.8. The van der Waals surface area contributed by atoms with E-state index >= 15 is 0 Å². The van der Waals surface area contributed by atoms with E-state index in [9.17, 15) is 9.18 Å². The summed E-state index contributed by atoms with van der Waals surface area (Å²) >= 11 is 11.5. The number of carbonyl (C=O) groups is 1. The topological polar surface area (TPSA) is 81.0 Å². The van der Waals surface area contributed by atoms with Crippen LogP contribution in [0.2, 0.25) is 10.0 Å². The molecule has 1 aromatic heterocycles. The van der Waals surface area contributed by atoms with E-state index in [4.69, 9.17) is 34.2 Å². The highest BCUT2D eigenvalue weighted by molar-refractivity contribution is 6.42. The first kappa shape index (κ1) is 15.2. The van der Waals surface area contributed by atoms with E-state index in [0.717, 1.165) is 11.7 Å². The monoisotopic (exact) mass is 327 g/mol. The van der Waals surface area contributed by atoms with Gasteiger partial charge in [-0.05, 0) is 12.1 Å². The lowest BCUT2D eigenvalue weighted by Gasteiger charge is -2.10. The third kappa shape index (κ3) is 2.42. The number of hydrogen-bond acceptors (Lipinski definition) is 4. The van der Waals surface area contributed by atoms with Crippen molar-refractivity contribution >= 4 is 34.9 Å². The Hall–Kier alpha value is -2.23. The lowest BCUT2D eigenvalue weighted by atomic mass is 10.2. The van der Waals surface area contributed by atoms with Gasteiger partial charge in [0.1, 0.15) is 6.07 Å². The first-order valence-corrected chi connectivity index (χ1v) is 6.31. The molecule has 1 heterocycles. The molecule has 0 aliphatic rings. The minimum Gasteiger partial charge on any atom is -0.464 e. The fourth-order valence-electron chi connectivity index (χ4n) is 1.81. The molecule has 0 saturated carbocycles. The first-order valence-electron chi connectivity index (χ1n) is 5.55. The fourth-order valence-corrected chi connectivity index (χ4v) is 2.11. The van der Waals surface area contributed by atoms with Crippen LogP contribution in [-0.4, -0.2) is 17.6 Å². The van der Waals surface area contributed by atoms with Gasteiger partial charge in [0, 0.05) is 6.20 Å². The SMILES string of the molecule is COC(=O)c1c(N)c(C#N)cn1-c1ccc(Cl)c(Cl)c1F.